The molecule has 0 unspecified atom stereocenters. The Morgan fingerprint density at radius 1 is 1.10 bits per heavy atom. The minimum Gasteiger partial charge on any atom is -0.497 e. The third kappa shape index (κ3) is 4.32. The van der Waals surface area contributed by atoms with Gasteiger partial charge in [0.1, 0.15) is 17.2 Å². The Bertz CT molecular complexity index is 986. The van der Waals surface area contributed by atoms with Crippen LogP contribution in [0.4, 0.5) is 10.5 Å². The second-order valence-corrected chi connectivity index (χ2v) is 6.56. The number of carbonyl (C=O) groups excluding carboxylic acids is 2. The quantitative estimate of drug-likeness (QED) is 0.649. The van der Waals surface area contributed by atoms with Gasteiger partial charge in [0.2, 0.25) is 0 Å². The molecule has 3 N–H and O–H groups in total. The molecule has 3 rings (SSSR count). The first-order chi connectivity index (χ1) is 14.5. The second kappa shape index (κ2) is 9.21. The first-order valence-corrected chi connectivity index (χ1v) is 9.51. The molecule has 8 heteroatoms. The van der Waals surface area contributed by atoms with Crippen LogP contribution in [0, 0.1) is 0 Å². The molecule has 0 aromatic heterocycles. The number of allylic oxidation sites excluding steroid dienone is 1. The summed E-state index contributed by atoms with van der Waals surface area (Å²) < 4.78 is 16.3. The van der Waals surface area contributed by atoms with Gasteiger partial charge in [0.25, 0.3) is 5.91 Å². The lowest BCUT2D eigenvalue weighted by Gasteiger charge is -2.29. The minimum absolute atomic E-state index is 0.365. The Labute approximate surface area is 175 Å². The molecule has 0 aliphatic carbocycles. The highest BCUT2D eigenvalue weighted by atomic mass is 16.5. The SMILES string of the molecule is CCOc1ccccc1NC(=O)C1=C(C)NC(=O)N[C@@H]1c1ccc(OC)cc1OC. The lowest BCUT2D eigenvalue weighted by molar-refractivity contribution is -0.113. The fourth-order valence-corrected chi connectivity index (χ4v) is 3.33. The zero-order valence-electron chi connectivity index (χ0n) is 17.4. The average Bonchev–Trinajstić information content (AvgIpc) is 2.74. The second-order valence-electron chi connectivity index (χ2n) is 6.56. The average molecular weight is 411 g/mol. The summed E-state index contributed by atoms with van der Waals surface area (Å²) in [4.78, 5) is 25.4. The normalized spacial score (nSPS) is 15.7. The predicted octanol–water partition coefficient (Wildman–Crippen LogP) is 3.37. The summed E-state index contributed by atoms with van der Waals surface area (Å²) in [6.45, 7) is 4.03. The van der Waals surface area contributed by atoms with E-state index in [2.05, 4.69) is 16.0 Å². The molecule has 3 amide bonds. The maximum atomic E-state index is 13.3. The van der Waals surface area contributed by atoms with Gasteiger partial charge in [-0.1, -0.05) is 12.1 Å². The molecule has 0 saturated carbocycles. The summed E-state index contributed by atoms with van der Waals surface area (Å²) in [7, 11) is 3.08. The van der Waals surface area contributed by atoms with E-state index in [0.717, 1.165) is 0 Å². The first kappa shape index (κ1) is 21.0. The fraction of sp³-hybridized carbons (Fsp3) is 0.273. The maximum Gasteiger partial charge on any atom is 0.319 e. The number of rotatable bonds is 7. The number of carbonyl (C=O) groups is 2. The van der Waals surface area contributed by atoms with Crippen LogP contribution in [0.5, 0.6) is 17.2 Å². The number of nitrogens with one attached hydrogen (secondary N) is 3. The predicted molar refractivity (Wildman–Crippen MR) is 113 cm³/mol. The van der Waals surface area contributed by atoms with Crippen LogP contribution in [0.3, 0.4) is 0 Å². The Hall–Kier alpha value is -3.68. The van der Waals surface area contributed by atoms with E-state index in [0.29, 0.717) is 46.4 Å². The van der Waals surface area contributed by atoms with Gasteiger partial charge in [0, 0.05) is 17.3 Å². The van der Waals surface area contributed by atoms with Gasteiger partial charge in [-0.2, -0.15) is 0 Å². The number of hydrogen-bond donors (Lipinski definition) is 3. The number of para-hydroxylation sites is 2. The van der Waals surface area contributed by atoms with E-state index in [9.17, 15) is 9.59 Å². The van der Waals surface area contributed by atoms with E-state index in [4.69, 9.17) is 14.2 Å². The van der Waals surface area contributed by atoms with E-state index in [1.54, 1.807) is 44.4 Å². The highest BCUT2D eigenvalue weighted by Gasteiger charge is 2.33. The van der Waals surface area contributed by atoms with Crippen molar-refractivity contribution in [2.75, 3.05) is 26.1 Å². The standard InChI is InChI=1S/C22H25N3O5/c1-5-30-17-9-7-6-8-16(17)24-21(26)19-13(2)23-22(27)25-20(19)15-11-10-14(28-3)12-18(15)29-4/h6-12,20H,5H2,1-4H3,(H,24,26)(H2,23,25,27)/t20-/m1/s1. The van der Waals surface area contributed by atoms with Gasteiger partial charge in [0.15, 0.2) is 0 Å². The molecule has 0 fully saturated rings. The van der Waals surface area contributed by atoms with E-state index >= 15 is 0 Å². The van der Waals surface area contributed by atoms with Crippen molar-refractivity contribution in [3.63, 3.8) is 0 Å². The van der Waals surface area contributed by atoms with E-state index in [1.165, 1.54) is 7.11 Å². The van der Waals surface area contributed by atoms with Crippen LogP contribution in [0.1, 0.15) is 25.5 Å². The number of anilines is 1. The molecule has 0 radical (unpaired) electrons. The molecule has 2 aromatic carbocycles. The van der Waals surface area contributed by atoms with Crippen LogP contribution < -0.4 is 30.2 Å². The number of amides is 3. The van der Waals surface area contributed by atoms with Gasteiger partial charge < -0.3 is 30.2 Å². The van der Waals surface area contributed by atoms with Crippen molar-refractivity contribution >= 4 is 17.6 Å². The topological polar surface area (TPSA) is 97.9 Å². The van der Waals surface area contributed by atoms with Crippen LogP contribution in [0.25, 0.3) is 0 Å². The molecule has 0 saturated heterocycles. The number of methoxy groups -OCH3 is 2. The lowest BCUT2D eigenvalue weighted by Crippen LogP contribution is -2.46. The highest BCUT2D eigenvalue weighted by Crippen LogP contribution is 2.36. The summed E-state index contributed by atoms with van der Waals surface area (Å²) in [6, 6.07) is 11.3. The molecule has 1 atom stereocenters. The van der Waals surface area contributed by atoms with Crippen molar-refractivity contribution in [1.29, 1.82) is 0 Å². The molecule has 8 nitrogen and oxygen atoms in total. The van der Waals surface area contributed by atoms with E-state index < -0.39 is 12.1 Å². The van der Waals surface area contributed by atoms with Crippen molar-refractivity contribution in [3.8, 4) is 17.2 Å². The van der Waals surface area contributed by atoms with Gasteiger partial charge in [-0.3, -0.25) is 4.79 Å². The van der Waals surface area contributed by atoms with Gasteiger partial charge in [0.05, 0.1) is 38.1 Å². The molecule has 0 bridgehead atoms. The molecular formula is C22H25N3O5. The number of hydrogen-bond acceptors (Lipinski definition) is 5. The number of urea groups is 1. The third-order valence-electron chi connectivity index (χ3n) is 4.70. The molecular weight excluding hydrogens is 386 g/mol. The third-order valence-corrected chi connectivity index (χ3v) is 4.70. The Morgan fingerprint density at radius 2 is 1.87 bits per heavy atom. The molecule has 0 spiro atoms. The van der Waals surface area contributed by atoms with Crippen LogP contribution in [-0.2, 0) is 4.79 Å². The maximum absolute atomic E-state index is 13.3. The smallest absolute Gasteiger partial charge is 0.319 e. The Kier molecular flexibility index (Phi) is 6.46. The van der Waals surface area contributed by atoms with Gasteiger partial charge in [-0.25, -0.2) is 4.79 Å². The summed E-state index contributed by atoms with van der Waals surface area (Å²) in [6.07, 6.45) is 0. The molecule has 30 heavy (non-hydrogen) atoms. The fourth-order valence-electron chi connectivity index (χ4n) is 3.33. The summed E-state index contributed by atoms with van der Waals surface area (Å²) in [5.74, 6) is 1.30. The van der Waals surface area contributed by atoms with E-state index in [1.807, 2.05) is 19.1 Å². The Morgan fingerprint density at radius 3 is 2.57 bits per heavy atom. The first-order valence-electron chi connectivity index (χ1n) is 9.51. The summed E-state index contributed by atoms with van der Waals surface area (Å²) >= 11 is 0. The van der Waals surface area contributed by atoms with Crippen molar-refractivity contribution in [3.05, 3.63) is 59.3 Å². The summed E-state index contributed by atoms with van der Waals surface area (Å²) in [5.41, 5.74) is 2.00. The van der Waals surface area contributed by atoms with Crippen LogP contribution in [-0.4, -0.2) is 32.8 Å². The number of ether oxygens (including phenoxy) is 3. The van der Waals surface area contributed by atoms with Crippen molar-refractivity contribution < 1.29 is 23.8 Å². The zero-order chi connectivity index (χ0) is 21.7. The number of benzene rings is 2. The molecule has 1 heterocycles. The van der Waals surface area contributed by atoms with Crippen molar-refractivity contribution in [2.45, 2.75) is 19.9 Å². The van der Waals surface area contributed by atoms with Gasteiger partial charge in [-0.15, -0.1) is 0 Å². The van der Waals surface area contributed by atoms with Gasteiger partial charge >= 0.3 is 6.03 Å². The van der Waals surface area contributed by atoms with Crippen molar-refractivity contribution in [1.82, 2.24) is 10.6 Å². The van der Waals surface area contributed by atoms with E-state index in [-0.39, 0.29) is 5.91 Å². The summed E-state index contributed by atoms with van der Waals surface area (Å²) in [5, 5.41) is 8.37. The van der Waals surface area contributed by atoms with Crippen LogP contribution in [0.2, 0.25) is 0 Å². The van der Waals surface area contributed by atoms with Crippen LogP contribution >= 0.6 is 0 Å². The molecule has 1 aliphatic heterocycles. The van der Waals surface area contributed by atoms with Crippen LogP contribution in [0.15, 0.2) is 53.7 Å². The molecule has 2 aromatic rings. The van der Waals surface area contributed by atoms with Gasteiger partial charge in [-0.05, 0) is 38.1 Å². The Balaban J connectivity index is 2.00. The monoisotopic (exact) mass is 411 g/mol. The largest absolute Gasteiger partial charge is 0.497 e. The zero-order valence-corrected chi connectivity index (χ0v) is 17.4. The van der Waals surface area contributed by atoms with Crippen molar-refractivity contribution in [2.24, 2.45) is 0 Å². The lowest BCUT2D eigenvalue weighted by atomic mass is 9.94. The molecule has 158 valence electrons. The molecule has 1 aliphatic rings. The minimum atomic E-state index is -0.709. The highest BCUT2D eigenvalue weighted by molar-refractivity contribution is 6.07.